The zero-order valence-corrected chi connectivity index (χ0v) is 26.6. The largest absolute Gasteiger partial charge is 0.504 e. The average molecular weight is 599 g/mol. The van der Waals surface area contributed by atoms with E-state index in [1.807, 2.05) is 85.6 Å². The van der Waals surface area contributed by atoms with E-state index in [1.165, 1.54) is 7.11 Å². The monoisotopic (exact) mass is 598 g/mol. The molecule has 0 aliphatic heterocycles. The van der Waals surface area contributed by atoms with Crippen LogP contribution in [0, 0.1) is 27.7 Å². The lowest BCUT2D eigenvalue weighted by molar-refractivity contribution is 0.288. The molecule has 8 nitrogen and oxygen atoms in total. The standard InChI is InChI=1S/C20H25NO3.C16H17NO3/c1-5-6-11-24-20-14-17(7-8-19(20)23-4)9-10-21-15(2)12-18(22)13-16(21)3;1-11-8-14(18)9-12(2)17(11)7-6-13-4-5-16(20-3)15(19)10-13/h7-10,12-14H,5-6,11H2,1-4H3;4-10,19H,1-3H3/b10-9+;7-6+. The number of pyridine rings is 2. The molecule has 0 fully saturated rings. The molecule has 0 unspecified atom stereocenters. The van der Waals surface area contributed by atoms with Crippen molar-refractivity contribution in [2.45, 2.75) is 47.5 Å². The molecule has 2 aromatic carbocycles. The smallest absolute Gasteiger partial charge is 0.182 e. The minimum absolute atomic E-state index is 0.00624. The third-order valence-electron chi connectivity index (χ3n) is 6.90. The van der Waals surface area contributed by atoms with Gasteiger partial charge in [-0.2, -0.15) is 0 Å². The van der Waals surface area contributed by atoms with Crippen LogP contribution in [0.25, 0.3) is 24.6 Å². The number of ether oxygens (including phenoxy) is 3. The minimum Gasteiger partial charge on any atom is -0.504 e. The van der Waals surface area contributed by atoms with Gasteiger partial charge in [-0.15, -0.1) is 0 Å². The second-order valence-corrected chi connectivity index (χ2v) is 10.4. The number of aryl methyl sites for hydroxylation is 4. The summed E-state index contributed by atoms with van der Waals surface area (Å²) in [6.07, 6.45) is 9.79. The summed E-state index contributed by atoms with van der Waals surface area (Å²) in [5, 5.41) is 9.73. The van der Waals surface area contributed by atoms with E-state index >= 15 is 0 Å². The van der Waals surface area contributed by atoms with Crippen molar-refractivity contribution in [2.75, 3.05) is 20.8 Å². The van der Waals surface area contributed by atoms with Gasteiger partial charge in [-0.3, -0.25) is 9.59 Å². The Morgan fingerprint density at radius 2 is 1.11 bits per heavy atom. The number of phenolic OH excluding ortho intramolecular Hbond substituents is 1. The fourth-order valence-corrected chi connectivity index (χ4v) is 4.58. The van der Waals surface area contributed by atoms with E-state index in [0.717, 1.165) is 58.2 Å². The van der Waals surface area contributed by atoms with E-state index in [-0.39, 0.29) is 16.6 Å². The highest BCUT2D eigenvalue weighted by molar-refractivity contribution is 5.65. The van der Waals surface area contributed by atoms with Crippen molar-refractivity contribution < 1.29 is 19.3 Å². The molecule has 0 aliphatic rings. The van der Waals surface area contributed by atoms with Crippen LogP contribution in [0.1, 0.15) is 53.7 Å². The van der Waals surface area contributed by atoms with Gasteiger partial charge >= 0.3 is 0 Å². The quantitative estimate of drug-likeness (QED) is 0.196. The number of hydrogen-bond acceptors (Lipinski definition) is 6. The van der Waals surface area contributed by atoms with Gasteiger partial charge in [0.2, 0.25) is 0 Å². The highest BCUT2D eigenvalue weighted by atomic mass is 16.5. The minimum atomic E-state index is 0.00624. The lowest BCUT2D eigenvalue weighted by Crippen LogP contribution is -2.08. The number of nitrogens with zero attached hydrogens (tertiary/aromatic N) is 2. The highest BCUT2D eigenvalue weighted by Crippen LogP contribution is 2.29. The van der Waals surface area contributed by atoms with E-state index in [4.69, 9.17) is 14.2 Å². The molecule has 0 radical (unpaired) electrons. The van der Waals surface area contributed by atoms with Crippen LogP contribution in [0.3, 0.4) is 0 Å². The van der Waals surface area contributed by atoms with Crippen molar-refractivity contribution in [3.05, 3.63) is 115 Å². The van der Waals surface area contributed by atoms with Crippen LogP contribution >= 0.6 is 0 Å². The number of rotatable bonds is 10. The first-order valence-electron chi connectivity index (χ1n) is 14.5. The third-order valence-corrected chi connectivity index (χ3v) is 6.90. The second-order valence-electron chi connectivity index (χ2n) is 10.4. The average Bonchev–Trinajstić information content (AvgIpc) is 2.97. The number of benzene rings is 2. The first-order valence-corrected chi connectivity index (χ1v) is 14.5. The molecule has 0 spiro atoms. The van der Waals surface area contributed by atoms with Crippen molar-refractivity contribution >= 4 is 24.6 Å². The third kappa shape index (κ3) is 9.26. The maximum atomic E-state index is 11.5. The zero-order chi connectivity index (χ0) is 32.2. The summed E-state index contributed by atoms with van der Waals surface area (Å²) >= 11 is 0. The van der Waals surface area contributed by atoms with Gasteiger partial charge in [0.1, 0.15) is 0 Å². The Morgan fingerprint density at radius 1 is 0.659 bits per heavy atom. The first kappa shape index (κ1) is 33.5. The van der Waals surface area contributed by atoms with Crippen molar-refractivity contribution in [1.82, 2.24) is 9.13 Å². The van der Waals surface area contributed by atoms with E-state index in [2.05, 4.69) is 6.92 Å². The molecule has 0 saturated heterocycles. The molecule has 0 aliphatic carbocycles. The summed E-state index contributed by atoms with van der Waals surface area (Å²) in [5.41, 5.74) is 5.44. The Bertz CT molecular complexity index is 1690. The predicted octanol–water partition coefficient (Wildman–Crippen LogP) is 7.09. The number of methoxy groups -OCH3 is 2. The van der Waals surface area contributed by atoms with Crippen LogP contribution in [0.4, 0.5) is 0 Å². The molecule has 0 atom stereocenters. The maximum absolute atomic E-state index is 11.5. The number of unbranched alkanes of at least 4 members (excludes halogenated alkanes) is 1. The lowest BCUT2D eigenvalue weighted by atomic mass is 10.2. The molecule has 2 aromatic heterocycles. The summed E-state index contributed by atoms with van der Waals surface area (Å²) < 4.78 is 20.1. The Morgan fingerprint density at radius 3 is 1.55 bits per heavy atom. The van der Waals surface area contributed by atoms with E-state index in [0.29, 0.717) is 12.4 Å². The van der Waals surface area contributed by atoms with E-state index in [9.17, 15) is 14.7 Å². The van der Waals surface area contributed by atoms with Gasteiger partial charge in [-0.1, -0.05) is 25.5 Å². The first-order chi connectivity index (χ1) is 21.1. The molecule has 1 N–H and O–H groups in total. The van der Waals surface area contributed by atoms with Crippen LogP contribution in [0.15, 0.2) is 70.3 Å². The molecule has 4 rings (SSSR count). The molecule has 0 amide bonds. The normalized spacial score (nSPS) is 11.0. The van der Waals surface area contributed by atoms with Gasteiger partial charge in [0.15, 0.2) is 33.9 Å². The van der Waals surface area contributed by atoms with Crippen LogP contribution in [-0.2, 0) is 0 Å². The van der Waals surface area contributed by atoms with Gasteiger partial charge in [0.25, 0.3) is 0 Å². The summed E-state index contributed by atoms with van der Waals surface area (Å²) in [4.78, 5) is 22.9. The lowest BCUT2D eigenvalue weighted by Gasteiger charge is -2.12. The van der Waals surface area contributed by atoms with Crippen LogP contribution in [0.5, 0.6) is 23.0 Å². The molecule has 232 valence electrons. The topological polar surface area (TPSA) is 91.9 Å². The molecule has 0 bridgehead atoms. The molecule has 2 heterocycles. The summed E-state index contributed by atoms with van der Waals surface area (Å²) in [5.74, 6) is 2.03. The van der Waals surface area contributed by atoms with E-state index in [1.54, 1.807) is 43.5 Å². The molecule has 4 aromatic rings. The summed E-state index contributed by atoms with van der Waals surface area (Å²) in [6.45, 7) is 10.4. The summed E-state index contributed by atoms with van der Waals surface area (Å²) in [7, 11) is 3.15. The highest BCUT2D eigenvalue weighted by Gasteiger charge is 2.05. The maximum Gasteiger partial charge on any atom is 0.182 e. The number of phenols is 1. The molecular formula is C36H42N2O6. The van der Waals surface area contributed by atoms with Crippen molar-refractivity contribution in [1.29, 1.82) is 0 Å². The Kier molecular flexibility index (Phi) is 12.2. The number of aromatic hydroxyl groups is 1. The van der Waals surface area contributed by atoms with Crippen molar-refractivity contribution in [2.24, 2.45) is 0 Å². The van der Waals surface area contributed by atoms with Gasteiger partial charge in [0.05, 0.1) is 20.8 Å². The Balaban J connectivity index is 0.000000244. The van der Waals surface area contributed by atoms with Gasteiger partial charge < -0.3 is 28.5 Å². The van der Waals surface area contributed by atoms with Crippen molar-refractivity contribution in [3.8, 4) is 23.0 Å². The van der Waals surface area contributed by atoms with E-state index < -0.39 is 0 Å². The Hall–Kier alpha value is -4.98. The summed E-state index contributed by atoms with van der Waals surface area (Å²) in [6, 6.07) is 17.5. The van der Waals surface area contributed by atoms with Crippen LogP contribution in [0.2, 0.25) is 0 Å². The number of aromatic nitrogens is 2. The van der Waals surface area contributed by atoms with Crippen LogP contribution < -0.4 is 25.1 Å². The molecular weight excluding hydrogens is 556 g/mol. The van der Waals surface area contributed by atoms with Gasteiger partial charge in [-0.05, 0) is 81.7 Å². The predicted molar refractivity (Wildman–Crippen MR) is 179 cm³/mol. The molecule has 44 heavy (non-hydrogen) atoms. The molecule has 0 saturated carbocycles. The van der Waals surface area contributed by atoms with Crippen LogP contribution in [-0.4, -0.2) is 35.1 Å². The van der Waals surface area contributed by atoms with Crippen molar-refractivity contribution in [3.63, 3.8) is 0 Å². The fraction of sp³-hybridized carbons (Fsp3) is 0.278. The van der Waals surface area contributed by atoms with Gasteiger partial charge in [0, 0.05) is 59.4 Å². The Labute approximate surface area is 259 Å². The number of hydrogen-bond donors (Lipinski definition) is 1. The second kappa shape index (κ2) is 16.0. The fourth-order valence-electron chi connectivity index (χ4n) is 4.58. The SMILES string of the molecule is CCCCOc1cc(/C=C/n2c(C)cc(=O)cc2C)ccc1OC.COc1ccc(/C=C/n2c(C)cc(=O)cc2C)cc1O. The zero-order valence-electron chi connectivity index (χ0n) is 26.6. The van der Waals surface area contributed by atoms with Gasteiger partial charge in [-0.25, -0.2) is 0 Å². The molecule has 8 heteroatoms.